The highest BCUT2D eigenvalue weighted by Gasteiger charge is 2.37. The van der Waals surface area contributed by atoms with Gasteiger partial charge in [0.25, 0.3) is 0 Å². The minimum absolute atomic E-state index is 0.0492. The van der Waals surface area contributed by atoms with Crippen molar-refractivity contribution in [2.45, 2.75) is 18.9 Å². The number of Topliss-reactive ketones (excluding diaryl/α,β-unsaturated/α-hetero) is 1. The van der Waals surface area contributed by atoms with Gasteiger partial charge in [-0.3, -0.25) is 4.79 Å². The highest BCUT2D eigenvalue weighted by atomic mass is 19.1. The number of hydrogen-bond donors (Lipinski definition) is 0. The van der Waals surface area contributed by atoms with E-state index in [-0.39, 0.29) is 5.56 Å². The molecule has 4 aromatic rings. The molecule has 4 aromatic carbocycles. The molecule has 0 spiro atoms. The quantitative estimate of drug-likeness (QED) is 0.269. The van der Waals surface area contributed by atoms with Crippen LogP contribution >= 0.6 is 0 Å². The molecule has 4 nitrogen and oxygen atoms in total. The van der Waals surface area contributed by atoms with Crippen molar-refractivity contribution in [2.75, 3.05) is 7.11 Å². The van der Waals surface area contributed by atoms with Crippen molar-refractivity contribution in [3.63, 3.8) is 0 Å². The average molecular weight is 505 g/mol. The van der Waals surface area contributed by atoms with Crippen LogP contribution in [-0.4, -0.2) is 18.9 Å². The van der Waals surface area contributed by atoms with Gasteiger partial charge in [0.15, 0.2) is 5.78 Å². The summed E-state index contributed by atoms with van der Waals surface area (Å²) in [5.41, 5.74) is 4.64. The van der Waals surface area contributed by atoms with Crippen molar-refractivity contribution >= 4 is 23.9 Å². The average Bonchev–Trinajstić information content (AvgIpc) is 2.96. The number of fused-ring (bicyclic) bond motifs is 5. The SMILES string of the molecule is COc1ccc(C(=O)C2CC=c3c(ccc4c3=CCc3ccccc3-4)C2OC(=O)c2ccccc2)c(F)c1. The van der Waals surface area contributed by atoms with Crippen LogP contribution in [0.4, 0.5) is 4.39 Å². The van der Waals surface area contributed by atoms with Gasteiger partial charge in [-0.15, -0.1) is 0 Å². The molecule has 0 bridgehead atoms. The number of ether oxygens (including phenoxy) is 2. The van der Waals surface area contributed by atoms with Gasteiger partial charge in [-0.1, -0.05) is 66.7 Å². The fourth-order valence-corrected chi connectivity index (χ4v) is 5.51. The summed E-state index contributed by atoms with van der Waals surface area (Å²) in [6.07, 6.45) is 4.45. The molecule has 5 heteroatoms. The molecule has 2 atom stereocenters. The van der Waals surface area contributed by atoms with E-state index in [2.05, 4.69) is 18.2 Å². The lowest BCUT2D eigenvalue weighted by Crippen LogP contribution is -2.41. The lowest BCUT2D eigenvalue weighted by Gasteiger charge is -2.30. The molecule has 38 heavy (non-hydrogen) atoms. The summed E-state index contributed by atoms with van der Waals surface area (Å²) in [5.74, 6) is -2.04. The van der Waals surface area contributed by atoms with Gasteiger partial charge >= 0.3 is 5.97 Å². The second-order valence-electron chi connectivity index (χ2n) is 9.54. The van der Waals surface area contributed by atoms with E-state index >= 15 is 0 Å². The minimum Gasteiger partial charge on any atom is -0.497 e. The number of rotatable bonds is 5. The van der Waals surface area contributed by atoms with Crippen LogP contribution in [-0.2, 0) is 11.2 Å². The summed E-state index contributed by atoms with van der Waals surface area (Å²) in [5, 5.41) is 2.03. The summed E-state index contributed by atoms with van der Waals surface area (Å²) in [6, 6.07) is 25.2. The third-order valence-electron chi connectivity index (χ3n) is 7.42. The predicted molar refractivity (Wildman–Crippen MR) is 144 cm³/mol. The summed E-state index contributed by atoms with van der Waals surface area (Å²) in [7, 11) is 1.44. The van der Waals surface area contributed by atoms with E-state index in [1.165, 1.54) is 30.4 Å². The second-order valence-corrected chi connectivity index (χ2v) is 9.54. The van der Waals surface area contributed by atoms with E-state index in [0.717, 1.165) is 28.0 Å². The van der Waals surface area contributed by atoms with Crippen LogP contribution in [0.15, 0.2) is 84.9 Å². The Kier molecular flexibility index (Phi) is 6.12. The number of carbonyl (C=O) groups excluding carboxylic acids is 2. The Morgan fingerprint density at radius 2 is 1.63 bits per heavy atom. The lowest BCUT2D eigenvalue weighted by molar-refractivity contribution is 0.0138. The molecule has 2 unspecified atom stereocenters. The van der Waals surface area contributed by atoms with Gasteiger partial charge in [0.2, 0.25) is 0 Å². The van der Waals surface area contributed by atoms with Crippen LogP contribution in [0.5, 0.6) is 5.75 Å². The first-order valence-corrected chi connectivity index (χ1v) is 12.6. The Morgan fingerprint density at radius 1 is 0.842 bits per heavy atom. The summed E-state index contributed by atoms with van der Waals surface area (Å²) in [6.45, 7) is 0. The van der Waals surface area contributed by atoms with Crippen LogP contribution in [0.25, 0.3) is 23.3 Å². The van der Waals surface area contributed by atoms with Crippen molar-refractivity contribution in [1.29, 1.82) is 0 Å². The molecule has 188 valence electrons. The van der Waals surface area contributed by atoms with Crippen molar-refractivity contribution in [3.05, 3.63) is 123 Å². The number of ketones is 1. The Balaban J connectivity index is 1.46. The predicted octanol–water partition coefficient (Wildman–Crippen LogP) is 5.42. The van der Waals surface area contributed by atoms with E-state index in [1.54, 1.807) is 30.3 Å². The molecule has 0 radical (unpaired) electrons. The Morgan fingerprint density at radius 3 is 2.42 bits per heavy atom. The third-order valence-corrected chi connectivity index (χ3v) is 7.42. The van der Waals surface area contributed by atoms with E-state index in [1.807, 2.05) is 36.4 Å². The van der Waals surface area contributed by atoms with Gasteiger partial charge in [-0.05, 0) is 64.2 Å². The summed E-state index contributed by atoms with van der Waals surface area (Å²) < 4.78 is 26.1. The van der Waals surface area contributed by atoms with Crippen LogP contribution in [0, 0.1) is 11.7 Å². The van der Waals surface area contributed by atoms with Gasteiger partial charge < -0.3 is 9.47 Å². The first-order valence-electron chi connectivity index (χ1n) is 12.6. The maximum absolute atomic E-state index is 14.9. The summed E-state index contributed by atoms with van der Waals surface area (Å²) in [4.78, 5) is 26.9. The number of esters is 1. The maximum Gasteiger partial charge on any atom is 0.338 e. The van der Waals surface area contributed by atoms with Crippen LogP contribution in [0.1, 0.15) is 44.4 Å². The van der Waals surface area contributed by atoms with Crippen LogP contribution in [0.2, 0.25) is 0 Å². The van der Waals surface area contributed by atoms with E-state index in [0.29, 0.717) is 17.7 Å². The van der Waals surface area contributed by atoms with Crippen molar-refractivity contribution in [2.24, 2.45) is 5.92 Å². The zero-order chi connectivity index (χ0) is 26.2. The van der Waals surface area contributed by atoms with Gasteiger partial charge in [0.1, 0.15) is 17.7 Å². The zero-order valence-electron chi connectivity index (χ0n) is 20.8. The number of methoxy groups -OCH3 is 1. The fourth-order valence-electron chi connectivity index (χ4n) is 5.51. The third kappa shape index (κ3) is 4.10. The molecule has 0 amide bonds. The Bertz CT molecular complexity index is 1690. The summed E-state index contributed by atoms with van der Waals surface area (Å²) >= 11 is 0. The normalized spacial score (nSPS) is 17.1. The molecule has 0 aromatic heterocycles. The molecule has 0 heterocycles. The van der Waals surface area contributed by atoms with Crippen LogP contribution in [0.3, 0.4) is 0 Å². The number of halogens is 1. The minimum atomic E-state index is -0.868. The molecule has 2 aliphatic carbocycles. The highest BCUT2D eigenvalue weighted by Crippen LogP contribution is 2.36. The molecule has 0 N–H and O–H groups in total. The van der Waals surface area contributed by atoms with Crippen LogP contribution < -0.4 is 15.2 Å². The Labute approximate surface area is 219 Å². The number of hydrogen-bond acceptors (Lipinski definition) is 4. The fraction of sp³-hybridized carbons (Fsp3) is 0.152. The van der Waals surface area contributed by atoms with Gasteiger partial charge in [-0.25, -0.2) is 9.18 Å². The molecular weight excluding hydrogens is 479 g/mol. The van der Waals surface area contributed by atoms with E-state index in [9.17, 15) is 14.0 Å². The van der Waals surface area contributed by atoms with Crippen molar-refractivity contribution in [3.8, 4) is 16.9 Å². The Hall–Kier alpha value is -4.51. The van der Waals surface area contributed by atoms with Gasteiger partial charge in [0, 0.05) is 11.6 Å². The van der Waals surface area contributed by atoms with Crippen molar-refractivity contribution in [1.82, 2.24) is 0 Å². The number of benzene rings is 4. The molecule has 0 saturated carbocycles. The zero-order valence-corrected chi connectivity index (χ0v) is 20.8. The molecule has 2 aliphatic rings. The monoisotopic (exact) mass is 504 g/mol. The molecule has 0 saturated heterocycles. The van der Waals surface area contributed by atoms with E-state index in [4.69, 9.17) is 9.47 Å². The second kappa shape index (κ2) is 9.75. The smallest absolute Gasteiger partial charge is 0.338 e. The molecule has 0 fully saturated rings. The van der Waals surface area contributed by atoms with Crippen molar-refractivity contribution < 1.29 is 23.5 Å². The topological polar surface area (TPSA) is 52.6 Å². The maximum atomic E-state index is 14.9. The highest BCUT2D eigenvalue weighted by molar-refractivity contribution is 6.00. The van der Waals surface area contributed by atoms with E-state index < -0.39 is 29.6 Å². The standard InChI is InChI=1S/C33H25FO4/c1-37-22-12-14-28(30(34)19-22)31(35)29-18-16-26-25-13-11-20-7-5-6-10-23(20)24(25)15-17-27(26)32(29)38-33(36)21-8-3-2-4-9-21/h2-10,12-17,19,29,32H,11,18H2,1H3. The first-order chi connectivity index (χ1) is 18.5. The van der Waals surface area contributed by atoms with Gasteiger partial charge in [0.05, 0.1) is 24.2 Å². The lowest BCUT2D eigenvalue weighted by atomic mass is 9.79. The molecule has 0 aliphatic heterocycles. The largest absolute Gasteiger partial charge is 0.497 e. The van der Waals surface area contributed by atoms with Gasteiger partial charge in [-0.2, -0.15) is 0 Å². The number of carbonyl (C=O) groups is 2. The molecule has 6 rings (SSSR count). The molecular formula is C33H25FO4. The first kappa shape index (κ1) is 23.9.